The largest absolute Gasteiger partial charge is 0.469 e. The van der Waals surface area contributed by atoms with E-state index < -0.39 is 0 Å². The van der Waals surface area contributed by atoms with Gasteiger partial charge in [-0.15, -0.1) is 0 Å². The minimum absolute atomic E-state index is 0.0531. The van der Waals surface area contributed by atoms with E-state index in [1.54, 1.807) is 29.9 Å². The highest BCUT2D eigenvalue weighted by atomic mass is 16.5. The van der Waals surface area contributed by atoms with Crippen molar-refractivity contribution in [1.29, 1.82) is 0 Å². The first kappa shape index (κ1) is 16.7. The van der Waals surface area contributed by atoms with E-state index in [2.05, 4.69) is 10.4 Å². The maximum absolute atomic E-state index is 12.0. The van der Waals surface area contributed by atoms with Crippen molar-refractivity contribution in [2.45, 2.75) is 25.7 Å². The first-order valence-corrected chi connectivity index (χ1v) is 7.44. The van der Waals surface area contributed by atoms with Gasteiger partial charge in [0.05, 0.1) is 19.2 Å². The fraction of sp³-hybridized carbons (Fsp3) is 0.353. The van der Waals surface area contributed by atoms with Crippen LogP contribution in [0.5, 0.6) is 0 Å². The summed E-state index contributed by atoms with van der Waals surface area (Å²) in [4.78, 5) is 23.5. The van der Waals surface area contributed by atoms with E-state index in [1.807, 2.05) is 25.4 Å². The van der Waals surface area contributed by atoms with Crippen LogP contribution in [0.4, 0.5) is 5.69 Å². The van der Waals surface area contributed by atoms with Crippen LogP contribution in [0, 0.1) is 0 Å². The molecule has 0 fully saturated rings. The van der Waals surface area contributed by atoms with Gasteiger partial charge in [-0.2, -0.15) is 5.10 Å². The molecule has 0 spiro atoms. The van der Waals surface area contributed by atoms with Crippen molar-refractivity contribution in [1.82, 2.24) is 9.78 Å². The molecule has 2 aromatic rings. The van der Waals surface area contributed by atoms with E-state index in [1.165, 1.54) is 7.11 Å². The number of esters is 1. The lowest BCUT2D eigenvalue weighted by molar-refractivity contribution is -0.142. The average Bonchev–Trinajstić information content (AvgIpc) is 2.97. The Morgan fingerprint density at radius 2 is 2.00 bits per heavy atom. The summed E-state index contributed by atoms with van der Waals surface area (Å²) in [5.74, 6) is -0.656. The molecule has 1 N–H and O–H groups in total. The van der Waals surface area contributed by atoms with Crippen LogP contribution < -0.4 is 5.32 Å². The van der Waals surface area contributed by atoms with E-state index in [9.17, 15) is 9.59 Å². The molecule has 1 amide bonds. The second-order valence-electron chi connectivity index (χ2n) is 5.44. The smallest absolute Gasteiger partial charge is 0.312 e. The minimum Gasteiger partial charge on any atom is -0.469 e. The fourth-order valence-electron chi connectivity index (χ4n) is 2.25. The Kier molecular flexibility index (Phi) is 5.51. The number of hydrogen-bond acceptors (Lipinski definition) is 4. The summed E-state index contributed by atoms with van der Waals surface area (Å²) in [5.41, 5.74) is 2.59. The summed E-state index contributed by atoms with van der Waals surface area (Å²) in [6, 6.07) is 7.21. The predicted molar refractivity (Wildman–Crippen MR) is 87.0 cm³/mol. The van der Waals surface area contributed by atoms with Gasteiger partial charge in [-0.25, -0.2) is 0 Å². The topological polar surface area (TPSA) is 73.2 Å². The van der Waals surface area contributed by atoms with Crippen LogP contribution in [0.3, 0.4) is 0 Å². The molecule has 0 bridgehead atoms. The molecule has 0 radical (unpaired) electrons. The Balaban J connectivity index is 1.87. The van der Waals surface area contributed by atoms with Crippen molar-refractivity contribution in [3.8, 4) is 0 Å². The lowest BCUT2D eigenvalue weighted by Gasteiger charge is -2.10. The summed E-state index contributed by atoms with van der Waals surface area (Å²) < 4.78 is 6.44. The van der Waals surface area contributed by atoms with Crippen LogP contribution in [0.1, 0.15) is 30.4 Å². The molecule has 0 aliphatic rings. The second kappa shape index (κ2) is 7.58. The van der Waals surface area contributed by atoms with Gasteiger partial charge in [0.2, 0.25) is 5.91 Å². The van der Waals surface area contributed by atoms with Gasteiger partial charge in [-0.3, -0.25) is 14.3 Å². The van der Waals surface area contributed by atoms with Crippen molar-refractivity contribution >= 4 is 17.6 Å². The average molecular weight is 315 g/mol. The summed E-state index contributed by atoms with van der Waals surface area (Å²) in [6.07, 6.45) is 4.70. The summed E-state index contributed by atoms with van der Waals surface area (Å²) in [5, 5.41) is 6.92. The number of benzene rings is 1. The molecule has 1 aromatic heterocycles. The number of anilines is 1. The first-order chi connectivity index (χ1) is 11.0. The van der Waals surface area contributed by atoms with Crippen molar-refractivity contribution < 1.29 is 14.3 Å². The Labute approximate surface area is 135 Å². The molecular weight excluding hydrogens is 294 g/mol. The van der Waals surface area contributed by atoms with E-state index >= 15 is 0 Å². The fourth-order valence-corrected chi connectivity index (χ4v) is 2.25. The highest BCUT2D eigenvalue weighted by Gasteiger charge is 2.15. The van der Waals surface area contributed by atoms with Crippen molar-refractivity contribution in [2.24, 2.45) is 7.05 Å². The van der Waals surface area contributed by atoms with Gasteiger partial charge in [0, 0.05) is 25.4 Å². The zero-order chi connectivity index (χ0) is 16.8. The number of amides is 1. The molecule has 6 heteroatoms. The van der Waals surface area contributed by atoms with Gasteiger partial charge >= 0.3 is 5.97 Å². The van der Waals surface area contributed by atoms with Gasteiger partial charge in [0.15, 0.2) is 0 Å². The standard InChI is InChI=1S/C17H21N3O3/c1-12(17(22)23-3)14-5-7-15(8-6-14)19-16(21)9-4-13-10-18-20(2)11-13/h5-8,10-12H,4,9H2,1-3H3,(H,19,21). The number of carbonyl (C=O) groups is 2. The zero-order valence-corrected chi connectivity index (χ0v) is 13.6. The highest BCUT2D eigenvalue weighted by Crippen LogP contribution is 2.19. The lowest BCUT2D eigenvalue weighted by atomic mass is 10.0. The molecular formula is C17H21N3O3. The second-order valence-corrected chi connectivity index (χ2v) is 5.44. The maximum atomic E-state index is 12.0. The van der Waals surface area contributed by atoms with Crippen LogP contribution in [0.25, 0.3) is 0 Å². The monoisotopic (exact) mass is 315 g/mol. The summed E-state index contributed by atoms with van der Waals surface area (Å²) in [6.45, 7) is 1.79. The Morgan fingerprint density at radius 3 is 2.57 bits per heavy atom. The van der Waals surface area contributed by atoms with Gasteiger partial charge in [0.25, 0.3) is 0 Å². The Hall–Kier alpha value is -2.63. The minimum atomic E-state index is -0.324. The maximum Gasteiger partial charge on any atom is 0.312 e. The van der Waals surface area contributed by atoms with Gasteiger partial charge in [0.1, 0.15) is 0 Å². The molecule has 1 heterocycles. The zero-order valence-electron chi connectivity index (χ0n) is 13.6. The van der Waals surface area contributed by atoms with Crippen molar-refractivity contribution in [2.75, 3.05) is 12.4 Å². The number of aryl methyl sites for hydroxylation is 2. The number of nitrogens with one attached hydrogen (secondary N) is 1. The van der Waals surface area contributed by atoms with E-state index in [4.69, 9.17) is 4.74 Å². The molecule has 1 unspecified atom stereocenters. The van der Waals surface area contributed by atoms with Crippen LogP contribution >= 0.6 is 0 Å². The van der Waals surface area contributed by atoms with E-state index in [-0.39, 0.29) is 17.8 Å². The molecule has 23 heavy (non-hydrogen) atoms. The van der Waals surface area contributed by atoms with Crippen LogP contribution in [-0.2, 0) is 27.8 Å². The van der Waals surface area contributed by atoms with Crippen molar-refractivity contribution in [3.63, 3.8) is 0 Å². The Bertz CT molecular complexity index is 677. The van der Waals surface area contributed by atoms with E-state index in [0.717, 1.165) is 11.1 Å². The van der Waals surface area contributed by atoms with Gasteiger partial charge < -0.3 is 10.1 Å². The molecule has 0 saturated heterocycles. The normalized spacial score (nSPS) is 11.8. The molecule has 0 aliphatic heterocycles. The number of ether oxygens (including phenoxy) is 1. The third-order valence-electron chi connectivity index (χ3n) is 3.65. The predicted octanol–water partition coefficient (Wildman–Crippen LogP) is 2.27. The van der Waals surface area contributed by atoms with Crippen LogP contribution in [0.15, 0.2) is 36.7 Å². The van der Waals surface area contributed by atoms with Crippen molar-refractivity contribution in [3.05, 3.63) is 47.8 Å². The highest BCUT2D eigenvalue weighted by molar-refractivity contribution is 5.90. The number of rotatable bonds is 6. The summed E-state index contributed by atoms with van der Waals surface area (Å²) in [7, 11) is 3.22. The quantitative estimate of drug-likeness (QED) is 0.830. The third-order valence-corrected chi connectivity index (χ3v) is 3.65. The van der Waals surface area contributed by atoms with Crippen LogP contribution in [0.2, 0.25) is 0 Å². The summed E-state index contributed by atoms with van der Waals surface area (Å²) >= 11 is 0. The number of hydrogen-bond donors (Lipinski definition) is 1. The molecule has 0 aliphatic carbocycles. The lowest BCUT2D eigenvalue weighted by Crippen LogP contribution is -2.13. The number of carbonyl (C=O) groups excluding carboxylic acids is 2. The number of methoxy groups -OCH3 is 1. The van der Waals surface area contributed by atoms with Gasteiger partial charge in [-0.05, 0) is 36.6 Å². The van der Waals surface area contributed by atoms with E-state index in [0.29, 0.717) is 18.5 Å². The Morgan fingerprint density at radius 1 is 1.30 bits per heavy atom. The SMILES string of the molecule is COC(=O)C(C)c1ccc(NC(=O)CCc2cnn(C)c2)cc1. The third kappa shape index (κ3) is 4.67. The number of nitrogens with zero attached hydrogens (tertiary/aromatic N) is 2. The molecule has 1 aromatic carbocycles. The molecule has 2 rings (SSSR count). The molecule has 1 atom stereocenters. The number of aromatic nitrogens is 2. The molecule has 122 valence electrons. The van der Waals surface area contributed by atoms with Gasteiger partial charge in [-0.1, -0.05) is 12.1 Å². The van der Waals surface area contributed by atoms with Crippen LogP contribution in [-0.4, -0.2) is 28.8 Å². The molecule has 6 nitrogen and oxygen atoms in total. The first-order valence-electron chi connectivity index (χ1n) is 7.44. The molecule has 0 saturated carbocycles.